The molecular formula is H2BErNO. The molecule has 4 heteroatoms. The van der Waals surface area contributed by atoms with Crippen molar-refractivity contribution in [2.75, 3.05) is 0 Å². The van der Waals surface area contributed by atoms with E-state index in [9.17, 15) is 0 Å². The van der Waals surface area contributed by atoms with Gasteiger partial charge < -0.3 is 0 Å². The monoisotopic (exact) mass is 209 g/mol. The molecule has 4 heavy (non-hydrogen) atoms. The molecular weight excluding hydrogens is 208 g/mol. The minimum Gasteiger partial charge on any atom is 0 e. The zero-order valence-electron chi connectivity index (χ0n) is 1.85. The second-order valence-corrected chi connectivity index (χ2v) is 0.136. The van der Waals surface area contributed by atoms with Crippen LogP contribution in [-0.2, 0) is 4.70 Å². The summed E-state index contributed by atoms with van der Waals surface area (Å²) in [6.45, 7) is 0. The summed E-state index contributed by atoms with van der Waals surface area (Å²) in [5, 5.41) is 0. The zero-order valence-corrected chi connectivity index (χ0v) is 3.70. The molecule has 0 fully saturated rings. The molecule has 0 saturated heterocycles. The van der Waals surface area contributed by atoms with Gasteiger partial charge in [-0.25, -0.2) is 0 Å². The Balaban J connectivity index is 0. The maximum absolute atomic E-state index is 8.58. The van der Waals surface area contributed by atoms with Gasteiger partial charge in [-0.3, -0.25) is 0 Å². The van der Waals surface area contributed by atoms with Crippen molar-refractivity contribution in [3.63, 3.8) is 0 Å². The molecule has 0 heterocycles. The standard InChI is InChI=1S/BH2NO.Er/c2-1-3;/h2H2;. The number of hydrogen-bond acceptors (Lipinski definition) is 1. The first-order valence-corrected chi connectivity index (χ1v) is 0.569. The summed E-state index contributed by atoms with van der Waals surface area (Å²) >= 11 is 0. The van der Waals surface area contributed by atoms with E-state index in [1.54, 1.807) is 0 Å². The molecule has 0 aliphatic carbocycles. The molecule has 0 spiro atoms. The SMILES string of the molecule is NB=O.[Er]. The van der Waals surface area contributed by atoms with Crippen LogP contribution >= 0.6 is 0 Å². The Morgan fingerprint density at radius 3 is 1.75 bits per heavy atom. The number of rotatable bonds is 0. The third-order valence-corrected chi connectivity index (χ3v) is 0. The smallest absolute Gasteiger partial charge is 0 e. The molecule has 2 nitrogen and oxygen atoms in total. The van der Waals surface area contributed by atoms with Crippen molar-refractivity contribution in [1.82, 2.24) is 0 Å². The van der Waals surface area contributed by atoms with Crippen LogP contribution in [0.2, 0.25) is 0 Å². The van der Waals surface area contributed by atoms with Crippen molar-refractivity contribution >= 4 is 7.28 Å². The van der Waals surface area contributed by atoms with E-state index < -0.39 is 0 Å². The molecule has 0 aromatic rings. The Bertz CT molecular complexity index is 15.5. The number of hydrogen-bond donors (Lipinski definition) is 1. The van der Waals surface area contributed by atoms with E-state index >= 15 is 0 Å². The van der Waals surface area contributed by atoms with Gasteiger partial charge >= 0.3 is 17.6 Å². The van der Waals surface area contributed by atoms with Crippen LogP contribution in [0.5, 0.6) is 0 Å². The summed E-state index contributed by atoms with van der Waals surface area (Å²) in [4.78, 5) is 0. The van der Waals surface area contributed by atoms with Gasteiger partial charge in [-0.1, -0.05) is 0 Å². The fraction of sp³-hybridized carbons (Fsp3) is 0. The van der Waals surface area contributed by atoms with E-state index in [1.165, 1.54) is 0 Å². The van der Waals surface area contributed by atoms with Crippen LogP contribution in [0.1, 0.15) is 0 Å². The Kier molecular flexibility index (Phi) is 20.1. The predicted molar refractivity (Wildman–Crippen MR) is 10.6 cm³/mol. The van der Waals surface area contributed by atoms with Gasteiger partial charge in [-0.15, -0.1) is 0 Å². The summed E-state index contributed by atoms with van der Waals surface area (Å²) in [6.07, 6.45) is 0. The molecule has 0 unspecified atom stereocenters. The second-order valence-electron chi connectivity index (χ2n) is 0.136. The van der Waals surface area contributed by atoms with Crippen LogP contribution in [0, 0.1) is 37.3 Å². The summed E-state index contributed by atoms with van der Waals surface area (Å²) in [5.74, 6) is 0. The van der Waals surface area contributed by atoms with Crippen molar-refractivity contribution in [3.8, 4) is 0 Å². The van der Waals surface area contributed by atoms with E-state index in [4.69, 9.17) is 4.70 Å². The van der Waals surface area contributed by atoms with E-state index in [1.807, 2.05) is 0 Å². The average Bonchev–Trinajstić information content (AvgIpc) is 0.918. The topological polar surface area (TPSA) is 43.1 Å². The Morgan fingerprint density at radius 2 is 1.75 bits per heavy atom. The van der Waals surface area contributed by atoms with Gasteiger partial charge in [0, 0.05) is 37.3 Å². The predicted octanol–water partition coefficient (Wildman–Crippen LogP) is -1.09. The molecule has 0 aromatic carbocycles. The minimum atomic E-state index is 0. The fourth-order valence-electron chi connectivity index (χ4n) is 0. The van der Waals surface area contributed by atoms with Gasteiger partial charge in [0.05, 0.1) is 0 Å². The third-order valence-electron chi connectivity index (χ3n) is 0. The van der Waals surface area contributed by atoms with Gasteiger partial charge in [-0.05, 0) is 0 Å². The molecule has 0 aliphatic rings. The van der Waals surface area contributed by atoms with Gasteiger partial charge in [0.15, 0.2) is 0 Å². The molecule has 0 saturated carbocycles. The van der Waals surface area contributed by atoms with Crippen molar-refractivity contribution < 1.29 is 42.0 Å². The molecule has 2 N–H and O–H groups in total. The third kappa shape index (κ3) is 12.8. The Labute approximate surface area is 54.6 Å². The van der Waals surface area contributed by atoms with E-state index in [0.29, 0.717) is 0 Å². The zero-order chi connectivity index (χ0) is 2.71. The van der Waals surface area contributed by atoms with Crippen LogP contribution in [0.25, 0.3) is 0 Å². The van der Waals surface area contributed by atoms with Gasteiger partial charge in [0.25, 0.3) is 0 Å². The van der Waals surface area contributed by atoms with Gasteiger partial charge in [0.1, 0.15) is 0 Å². The van der Waals surface area contributed by atoms with E-state index in [0.717, 1.165) is 0 Å². The molecule has 0 aromatic heterocycles. The van der Waals surface area contributed by atoms with Crippen molar-refractivity contribution in [3.05, 3.63) is 0 Å². The maximum atomic E-state index is 8.58. The summed E-state index contributed by atoms with van der Waals surface area (Å²) in [7, 11) is 0.250. The van der Waals surface area contributed by atoms with Crippen LogP contribution in [0.3, 0.4) is 0 Å². The van der Waals surface area contributed by atoms with Crippen LogP contribution < -0.4 is 5.64 Å². The van der Waals surface area contributed by atoms with Crippen LogP contribution in [-0.4, -0.2) is 7.28 Å². The summed E-state index contributed by atoms with van der Waals surface area (Å²) in [6, 6.07) is 0. The maximum Gasteiger partial charge on any atom is 0 e. The second kappa shape index (κ2) is 9.07. The minimum absolute atomic E-state index is 0. The molecule has 0 amide bonds. The average molecular weight is 210 g/mol. The Hall–Kier alpha value is 0.912. The fourth-order valence-corrected chi connectivity index (χ4v) is 0. The first-order chi connectivity index (χ1) is 1.41. The molecule has 0 bridgehead atoms. The largest absolute Gasteiger partial charge is 0 e. The van der Waals surface area contributed by atoms with E-state index in [2.05, 4.69) is 5.64 Å². The molecule has 0 aliphatic heterocycles. The number of nitrogens with two attached hydrogens (primary N) is 1. The molecule has 28 valence electrons. The Morgan fingerprint density at radius 1 is 1.75 bits per heavy atom. The van der Waals surface area contributed by atoms with Crippen LogP contribution in [0.15, 0.2) is 0 Å². The van der Waals surface area contributed by atoms with Gasteiger partial charge in [0.2, 0.25) is 0 Å². The van der Waals surface area contributed by atoms with E-state index in [-0.39, 0.29) is 44.6 Å². The van der Waals surface area contributed by atoms with Crippen molar-refractivity contribution in [2.45, 2.75) is 0 Å². The van der Waals surface area contributed by atoms with Crippen LogP contribution in [0.4, 0.5) is 0 Å². The quantitative estimate of drug-likeness (QED) is 0.516. The molecule has 0 radical (unpaired) electrons. The first kappa shape index (κ1) is 8.86. The first-order valence-electron chi connectivity index (χ1n) is 0.569. The summed E-state index contributed by atoms with van der Waals surface area (Å²) < 4.78 is 8.58. The normalized spacial score (nSPS) is 2.00. The van der Waals surface area contributed by atoms with Crippen molar-refractivity contribution in [1.29, 1.82) is 0 Å². The van der Waals surface area contributed by atoms with Gasteiger partial charge in [-0.2, -0.15) is 0 Å². The van der Waals surface area contributed by atoms with Crippen molar-refractivity contribution in [2.24, 2.45) is 5.64 Å². The molecule has 0 rings (SSSR count). The summed E-state index contributed by atoms with van der Waals surface area (Å²) in [5.41, 5.74) is 4.17. The molecule has 0 atom stereocenters.